The van der Waals surface area contributed by atoms with Gasteiger partial charge in [-0.2, -0.15) is 0 Å². The Labute approximate surface area is 197 Å². The number of halogens is 1. The van der Waals surface area contributed by atoms with Crippen LogP contribution in [0.15, 0.2) is 66.9 Å². The van der Waals surface area contributed by atoms with E-state index in [-0.39, 0.29) is 11.8 Å². The van der Waals surface area contributed by atoms with E-state index in [4.69, 9.17) is 21.1 Å². The molecule has 1 aliphatic rings. The van der Waals surface area contributed by atoms with Crippen LogP contribution >= 0.6 is 11.6 Å². The van der Waals surface area contributed by atoms with E-state index in [2.05, 4.69) is 10.3 Å². The Kier molecular flexibility index (Phi) is 7.10. The summed E-state index contributed by atoms with van der Waals surface area (Å²) >= 11 is 6.09. The molecule has 1 unspecified atom stereocenters. The maximum Gasteiger partial charge on any atom is 0.258 e. The summed E-state index contributed by atoms with van der Waals surface area (Å²) in [6, 6.07) is 17.1. The molecule has 4 rings (SSSR count). The quantitative estimate of drug-likeness (QED) is 0.553. The molecule has 2 aromatic carbocycles. The molecule has 0 aliphatic carbocycles. The van der Waals surface area contributed by atoms with Gasteiger partial charge in [-0.15, -0.1) is 0 Å². The summed E-state index contributed by atoms with van der Waals surface area (Å²) in [5.74, 6) is 0.512. The van der Waals surface area contributed by atoms with E-state index in [0.29, 0.717) is 47.3 Å². The lowest BCUT2D eigenvalue weighted by Crippen LogP contribution is -2.43. The highest BCUT2D eigenvalue weighted by molar-refractivity contribution is 6.31. The second kappa shape index (κ2) is 10.4. The monoisotopic (exact) mass is 465 g/mol. The number of amides is 2. The van der Waals surface area contributed by atoms with Crippen LogP contribution in [0, 0.1) is 0 Å². The predicted octanol–water partition coefficient (Wildman–Crippen LogP) is 4.57. The van der Waals surface area contributed by atoms with Gasteiger partial charge in [0.2, 0.25) is 5.91 Å². The number of aromatic nitrogens is 1. The van der Waals surface area contributed by atoms with Crippen molar-refractivity contribution in [3.05, 3.63) is 83.1 Å². The van der Waals surface area contributed by atoms with Crippen molar-refractivity contribution in [2.45, 2.75) is 25.5 Å². The molecule has 1 atom stereocenters. The van der Waals surface area contributed by atoms with Crippen molar-refractivity contribution in [3.8, 4) is 11.5 Å². The number of hydrogen-bond donors (Lipinski definition) is 1. The third kappa shape index (κ3) is 5.43. The predicted molar refractivity (Wildman–Crippen MR) is 126 cm³/mol. The highest BCUT2D eigenvalue weighted by Gasteiger charge is 2.35. The van der Waals surface area contributed by atoms with Crippen LogP contribution in [0.1, 0.15) is 28.9 Å². The zero-order chi connectivity index (χ0) is 23.2. The van der Waals surface area contributed by atoms with E-state index in [1.807, 2.05) is 24.3 Å². The van der Waals surface area contributed by atoms with Gasteiger partial charge in [0.25, 0.3) is 5.91 Å². The van der Waals surface area contributed by atoms with E-state index < -0.39 is 6.04 Å². The molecule has 8 heteroatoms. The first-order chi connectivity index (χ1) is 16.0. The van der Waals surface area contributed by atoms with Crippen LogP contribution < -0.4 is 14.8 Å². The second-order valence-corrected chi connectivity index (χ2v) is 8.06. The van der Waals surface area contributed by atoms with E-state index in [0.717, 1.165) is 12.1 Å². The summed E-state index contributed by atoms with van der Waals surface area (Å²) in [6.45, 7) is 0.810. The molecule has 170 valence electrons. The highest BCUT2D eigenvalue weighted by Crippen LogP contribution is 2.28. The van der Waals surface area contributed by atoms with Crippen molar-refractivity contribution in [1.82, 2.24) is 9.88 Å². The summed E-state index contributed by atoms with van der Waals surface area (Å²) in [5.41, 5.74) is 1.75. The van der Waals surface area contributed by atoms with Crippen LogP contribution in [-0.2, 0) is 11.4 Å². The molecular weight excluding hydrogens is 442 g/mol. The minimum Gasteiger partial charge on any atom is -0.496 e. The molecule has 0 spiro atoms. The second-order valence-electron chi connectivity index (χ2n) is 7.63. The van der Waals surface area contributed by atoms with Gasteiger partial charge in [-0.25, -0.2) is 0 Å². The van der Waals surface area contributed by atoms with Crippen LogP contribution in [0.2, 0.25) is 5.02 Å². The van der Waals surface area contributed by atoms with Crippen molar-refractivity contribution < 1.29 is 19.1 Å². The van der Waals surface area contributed by atoms with Gasteiger partial charge in [-0.05, 0) is 55.3 Å². The van der Waals surface area contributed by atoms with Gasteiger partial charge in [0.05, 0.1) is 18.4 Å². The SMILES string of the molecule is COc1ccc(Cl)cc1C(=O)N1CCCC1C(=O)Nc1cccc(OCc2ccccn2)c1. The zero-order valence-corrected chi connectivity index (χ0v) is 18.9. The molecule has 0 radical (unpaired) electrons. The minimum atomic E-state index is -0.584. The normalized spacial score (nSPS) is 15.2. The summed E-state index contributed by atoms with van der Waals surface area (Å²) in [4.78, 5) is 32.1. The Morgan fingerprint density at radius 1 is 1.15 bits per heavy atom. The maximum absolute atomic E-state index is 13.2. The fourth-order valence-corrected chi connectivity index (χ4v) is 3.99. The average Bonchev–Trinajstić information content (AvgIpc) is 3.33. The first-order valence-corrected chi connectivity index (χ1v) is 11.0. The van der Waals surface area contributed by atoms with Gasteiger partial charge < -0.3 is 19.7 Å². The number of hydrogen-bond acceptors (Lipinski definition) is 5. The van der Waals surface area contributed by atoms with Crippen LogP contribution in [0.4, 0.5) is 5.69 Å². The van der Waals surface area contributed by atoms with Crippen molar-refractivity contribution in [2.24, 2.45) is 0 Å². The van der Waals surface area contributed by atoms with E-state index in [1.165, 1.54) is 7.11 Å². The fraction of sp³-hybridized carbons (Fsp3) is 0.240. The number of ether oxygens (including phenoxy) is 2. The van der Waals surface area contributed by atoms with E-state index >= 15 is 0 Å². The molecule has 0 bridgehead atoms. The molecule has 2 amide bonds. The topological polar surface area (TPSA) is 80.8 Å². The Bertz CT molecular complexity index is 1140. The van der Waals surface area contributed by atoms with Crippen molar-refractivity contribution in [1.29, 1.82) is 0 Å². The molecule has 0 saturated carbocycles. The number of carbonyl (C=O) groups is 2. The molecule has 7 nitrogen and oxygen atoms in total. The van der Waals surface area contributed by atoms with Gasteiger partial charge in [0, 0.05) is 29.5 Å². The van der Waals surface area contributed by atoms with Gasteiger partial charge in [-0.3, -0.25) is 14.6 Å². The van der Waals surface area contributed by atoms with Crippen LogP contribution in [0.25, 0.3) is 0 Å². The third-order valence-electron chi connectivity index (χ3n) is 5.42. The molecule has 1 aromatic heterocycles. The number of methoxy groups -OCH3 is 1. The number of rotatable bonds is 7. The lowest BCUT2D eigenvalue weighted by Gasteiger charge is -2.25. The third-order valence-corrected chi connectivity index (χ3v) is 5.66. The summed E-state index contributed by atoms with van der Waals surface area (Å²) in [7, 11) is 1.50. The Hall–Kier alpha value is -3.58. The van der Waals surface area contributed by atoms with Crippen LogP contribution in [0.3, 0.4) is 0 Å². The molecule has 1 N–H and O–H groups in total. The average molecular weight is 466 g/mol. The number of benzene rings is 2. The van der Waals surface area contributed by atoms with E-state index in [1.54, 1.807) is 47.5 Å². The molecule has 3 aromatic rings. The molecule has 1 aliphatic heterocycles. The molecular formula is C25H24ClN3O4. The van der Waals surface area contributed by atoms with Crippen molar-refractivity contribution in [2.75, 3.05) is 19.0 Å². The highest BCUT2D eigenvalue weighted by atomic mass is 35.5. The largest absolute Gasteiger partial charge is 0.496 e. The van der Waals surface area contributed by atoms with Crippen molar-refractivity contribution >= 4 is 29.1 Å². The van der Waals surface area contributed by atoms with Crippen LogP contribution in [-0.4, -0.2) is 41.4 Å². The van der Waals surface area contributed by atoms with Gasteiger partial charge in [0.1, 0.15) is 24.1 Å². The first kappa shape index (κ1) is 22.6. The molecule has 1 saturated heterocycles. The number of likely N-dealkylation sites (tertiary alicyclic amines) is 1. The van der Waals surface area contributed by atoms with E-state index in [9.17, 15) is 9.59 Å². The zero-order valence-electron chi connectivity index (χ0n) is 18.2. The van der Waals surface area contributed by atoms with Gasteiger partial charge in [-0.1, -0.05) is 23.7 Å². The Morgan fingerprint density at radius 3 is 2.82 bits per heavy atom. The number of nitrogens with one attached hydrogen (secondary N) is 1. The molecule has 1 fully saturated rings. The standard InChI is InChI=1S/C25H24ClN3O4/c1-32-23-11-10-17(26)14-21(23)25(31)29-13-5-9-22(29)24(30)28-18-7-4-8-20(15-18)33-16-19-6-2-3-12-27-19/h2-4,6-8,10-12,14-15,22H,5,9,13,16H2,1H3,(H,28,30). The Balaban J connectivity index is 1.44. The molecule has 2 heterocycles. The summed E-state index contributed by atoms with van der Waals surface area (Å²) < 4.78 is 11.1. The summed E-state index contributed by atoms with van der Waals surface area (Å²) in [5, 5.41) is 3.35. The first-order valence-electron chi connectivity index (χ1n) is 10.6. The Morgan fingerprint density at radius 2 is 2.03 bits per heavy atom. The number of anilines is 1. The summed E-state index contributed by atoms with van der Waals surface area (Å²) in [6.07, 6.45) is 3.03. The smallest absolute Gasteiger partial charge is 0.258 e. The molecule has 33 heavy (non-hydrogen) atoms. The van der Waals surface area contributed by atoms with Gasteiger partial charge in [0.15, 0.2) is 0 Å². The number of carbonyl (C=O) groups excluding carboxylic acids is 2. The number of pyridine rings is 1. The van der Waals surface area contributed by atoms with Crippen molar-refractivity contribution in [3.63, 3.8) is 0 Å². The van der Waals surface area contributed by atoms with Crippen LogP contribution in [0.5, 0.6) is 11.5 Å². The fourth-order valence-electron chi connectivity index (χ4n) is 3.81. The van der Waals surface area contributed by atoms with Gasteiger partial charge >= 0.3 is 0 Å². The number of nitrogens with zero attached hydrogens (tertiary/aromatic N) is 2. The lowest BCUT2D eigenvalue weighted by molar-refractivity contribution is -0.119. The maximum atomic E-state index is 13.2. The lowest BCUT2D eigenvalue weighted by atomic mass is 10.1. The minimum absolute atomic E-state index is 0.247.